The predicted octanol–water partition coefficient (Wildman–Crippen LogP) is -2.31. The highest BCUT2D eigenvalue weighted by Crippen LogP contribution is 2.43. The topological polar surface area (TPSA) is 245 Å². The monoisotopic (exact) mass is 711 g/mol. The lowest BCUT2D eigenvalue weighted by atomic mass is 9.96. The number of ether oxygens (including phenoxy) is 3. The van der Waals surface area contributed by atoms with Gasteiger partial charge in [-0.2, -0.15) is 13.2 Å². The van der Waals surface area contributed by atoms with Crippen molar-refractivity contribution in [3.05, 3.63) is 23.3 Å². The molecule has 6 N–H and O–H groups in total. The molecule has 49 heavy (non-hydrogen) atoms. The number of fused-ring (bicyclic) bond motifs is 2. The van der Waals surface area contributed by atoms with E-state index in [1.165, 1.54) is 22.0 Å². The van der Waals surface area contributed by atoms with Crippen molar-refractivity contribution in [1.82, 2.24) is 25.3 Å². The molecule has 2 aliphatic heterocycles. The Morgan fingerprint density at radius 1 is 0.653 bits per heavy atom. The van der Waals surface area contributed by atoms with Crippen molar-refractivity contribution in [3.8, 4) is 0 Å². The van der Waals surface area contributed by atoms with E-state index in [2.05, 4.69) is 10.6 Å². The van der Waals surface area contributed by atoms with Crippen molar-refractivity contribution in [3.63, 3.8) is 0 Å². The summed E-state index contributed by atoms with van der Waals surface area (Å²) in [5, 5.41) is 41.3. The summed E-state index contributed by atoms with van der Waals surface area (Å²) in [4.78, 5) is 73.1. The van der Waals surface area contributed by atoms with E-state index >= 15 is 0 Å². The van der Waals surface area contributed by atoms with Gasteiger partial charge < -0.3 is 45.3 Å². The van der Waals surface area contributed by atoms with Gasteiger partial charge in [0.15, 0.2) is 0 Å². The summed E-state index contributed by atoms with van der Waals surface area (Å²) >= 11 is 0. The Balaban J connectivity index is 1.65. The molecule has 2 atom stereocenters. The summed E-state index contributed by atoms with van der Waals surface area (Å²) in [6.45, 7) is -2.52. The second kappa shape index (κ2) is 20.4. The van der Waals surface area contributed by atoms with Gasteiger partial charge in [0, 0.05) is 39.3 Å². The van der Waals surface area contributed by atoms with E-state index in [0.29, 0.717) is 0 Å². The number of aliphatic carboxylic acids is 4. The van der Waals surface area contributed by atoms with Crippen LogP contribution in [0.2, 0.25) is 0 Å². The molecule has 0 aliphatic carbocycles. The molecule has 0 aromatic heterocycles. The summed E-state index contributed by atoms with van der Waals surface area (Å²) in [5.41, 5.74) is -1.47. The Morgan fingerprint density at radius 2 is 1.08 bits per heavy atom. The number of hydrogen-bond acceptors (Lipinski definition) is 12. The van der Waals surface area contributed by atoms with E-state index in [9.17, 15) is 52.2 Å². The molecule has 21 heteroatoms. The first-order valence-corrected chi connectivity index (χ1v) is 15.0. The van der Waals surface area contributed by atoms with Gasteiger partial charge in [-0.05, 0) is 0 Å². The Labute approximate surface area is 278 Å². The standard InChI is InChI=1S/C28H40F3N5O13/c29-28(30,31)26-19-2-1-18(49-19)25(26)27(46)33-4-10-48-12-11-47-9-3-32-20(37)13-35(15-22(40)41)7-5-34(14-21(38)39)6-8-36(16-23(42)43)17-24(44)45/h1-2,18-19H,3-17H2,(H,32,37)(H,33,46)(H,38,39)(H,40,41)(H,42,43)(H,44,45). The molecule has 2 bridgehead atoms. The molecule has 0 saturated carbocycles. The van der Waals surface area contributed by atoms with Crippen molar-refractivity contribution in [2.75, 3.05) is 98.4 Å². The van der Waals surface area contributed by atoms with Crippen LogP contribution >= 0.6 is 0 Å². The fraction of sp³-hybridized carbons (Fsp3) is 0.643. The summed E-state index contributed by atoms with van der Waals surface area (Å²) in [5.74, 6) is -6.44. The quantitative estimate of drug-likeness (QED) is 0.0408. The molecule has 0 aromatic rings. The number of hydrogen-bond donors (Lipinski definition) is 6. The maximum Gasteiger partial charge on any atom is 0.416 e. The summed E-state index contributed by atoms with van der Waals surface area (Å²) in [7, 11) is 0. The average Bonchev–Trinajstić information content (AvgIpc) is 3.60. The van der Waals surface area contributed by atoms with Crippen molar-refractivity contribution in [2.45, 2.75) is 18.4 Å². The van der Waals surface area contributed by atoms with Crippen molar-refractivity contribution in [1.29, 1.82) is 0 Å². The molecule has 18 nitrogen and oxygen atoms in total. The van der Waals surface area contributed by atoms with Crippen LogP contribution in [0.4, 0.5) is 13.2 Å². The zero-order valence-electron chi connectivity index (χ0n) is 26.4. The number of carboxylic acid groups (broad SMARTS) is 4. The molecular weight excluding hydrogens is 671 g/mol. The van der Waals surface area contributed by atoms with Gasteiger partial charge in [-0.3, -0.25) is 43.5 Å². The predicted molar refractivity (Wildman–Crippen MR) is 158 cm³/mol. The van der Waals surface area contributed by atoms with E-state index in [-0.39, 0.29) is 72.2 Å². The highest BCUT2D eigenvalue weighted by Gasteiger charge is 2.51. The van der Waals surface area contributed by atoms with Gasteiger partial charge in [0.1, 0.15) is 12.2 Å². The first kappa shape index (κ1) is 41.0. The van der Waals surface area contributed by atoms with Gasteiger partial charge in [-0.25, -0.2) is 0 Å². The highest BCUT2D eigenvalue weighted by atomic mass is 19.4. The van der Waals surface area contributed by atoms with Gasteiger partial charge in [0.2, 0.25) is 5.91 Å². The second-order valence-electron chi connectivity index (χ2n) is 10.8. The molecule has 276 valence electrons. The molecule has 2 unspecified atom stereocenters. The van der Waals surface area contributed by atoms with E-state index in [0.717, 1.165) is 4.90 Å². The van der Waals surface area contributed by atoms with Crippen LogP contribution in [0.25, 0.3) is 0 Å². The number of halogens is 3. The third kappa shape index (κ3) is 15.7. The molecule has 2 rings (SSSR count). The van der Waals surface area contributed by atoms with Crippen molar-refractivity contribution >= 4 is 35.7 Å². The van der Waals surface area contributed by atoms with Crippen LogP contribution in [0.5, 0.6) is 0 Å². The SMILES string of the molecule is O=C(O)CN(CCN(CC(=O)O)CC(=O)O)CCN(CC(=O)O)CC(=O)NCCOCCOCCNC(=O)C1=C(C(F)(F)F)C2C=CC1O2. The fourth-order valence-electron chi connectivity index (χ4n) is 4.86. The minimum atomic E-state index is -4.70. The van der Waals surface area contributed by atoms with Crippen LogP contribution in [0.1, 0.15) is 0 Å². The second-order valence-corrected chi connectivity index (χ2v) is 10.8. The maximum absolute atomic E-state index is 13.3. The molecule has 2 amide bonds. The number of alkyl halides is 3. The Kier molecular flexibility index (Phi) is 17.1. The molecule has 0 aromatic carbocycles. The highest BCUT2D eigenvalue weighted by molar-refractivity contribution is 5.97. The summed E-state index contributed by atoms with van der Waals surface area (Å²) in [6, 6.07) is 0. The Hall–Kier alpha value is -4.15. The Bertz CT molecular complexity index is 1230. The minimum absolute atomic E-state index is 0.00249. The van der Waals surface area contributed by atoms with E-state index in [1.54, 1.807) is 0 Å². The van der Waals surface area contributed by atoms with Gasteiger partial charge >= 0.3 is 30.1 Å². The zero-order valence-corrected chi connectivity index (χ0v) is 26.4. The fourth-order valence-corrected chi connectivity index (χ4v) is 4.86. The van der Waals surface area contributed by atoms with Crippen LogP contribution in [0.3, 0.4) is 0 Å². The van der Waals surface area contributed by atoms with Crippen LogP contribution in [0, 0.1) is 0 Å². The van der Waals surface area contributed by atoms with Gasteiger partial charge in [-0.15, -0.1) is 0 Å². The molecular formula is C28H40F3N5O13. The number of nitrogens with one attached hydrogen (secondary N) is 2. The molecule has 0 spiro atoms. The first-order chi connectivity index (χ1) is 23.1. The lowest BCUT2D eigenvalue weighted by molar-refractivity contribution is -0.143. The molecule has 0 saturated heterocycles. The van der Waals surface area contributed by atoms with Gasteiger partial charge in [-0.1, -0.05) is 12.2 Å². The number of carboxylic acids is 4. The van der Waals surface area contributed by atoms with E-state index in [1.807, 2.05) is 0 Å². The lowest BCUT2D eigenvalue weighted by Crippen LogP contribution is -2.46. The van der Waals surface area contributed by atoms with Gasteiger partial charge in [0.25, 0.3) is 5.91 Å². The van der Waals surface area contributed by atoms with Crippen molar-refractivity contribution < 1.29 is 76.6 Å². The number of carbonyl (C=O) groups excluding carboxylic acids is 2. The molecule has 0 radical (unpaired) electrons. The largest absolute Gasteiger partial charge is 0.480 e. The summed E-state index contributed by atoms with van der Waals surface area (Å²) in [6.07, 6.45) is -4.38. The van der Waals surface area contributed by atoms with Crippen LogP contribution < -0.4 is 10.6 Å². The van der Waals surface area contributed by atoms with E-state index in [4.69, 9.17) is 24.4 Å². The molecule has 2 heterocycles. The lowest BCUT2D eigenvalue weighted by Gasteiger charge is -2.27. The van der Waals surface area contributed by atoms with E-state index < -0.39 is 91.4 Å². The zero-order chi connectivity index (χ0) is 36.6. The minimum Gasteiger partial charge on any atom is -0.480 e. The molecule has 2 aliphatic rings. The smallest absolute Gasteiger partial charge is 0.416 e. The third-order valence-corrected chi connectivity index (χ3v) is 6.90. The normalized spacial score (nSPS) is 16.9. The number of carbonyl (C=O) groups is 6. The van der Waals surface area contributed by atoms with Crippen molar-refractivity contribution in [2.24, 2.45) is 0 Å². The molecule has 0 fully saturated rings. The van der Waals surface area contributed by atoms with Crippen LogP contribution in [0.15, 0.2) is 23.3 Å². The number of amides is 2. The van der Waals surface area contributed by atoms with Crippen LogP contribution in [-0.2, 0) is 43.0 Å². The Morgan fingerprint density at radius 3 is 1.57 bits per heavy atom. The maximum atomic E-state index is 13.3. The summed E-state index contributed by atoms with van der Waals surface area (Å²) < 4.78 is 55.6. The number of rotatable bonds is 26. The van der Waals surface area contributed by atoms with Gasteiger partial charge in [0.05, 0.1) is 70.3 Å². The number of nitrogens with zero attached hydrogens (tertiary/aromatic N) is 3. The first-order valence-electron chi connectivity index (χ1n) is 15.0. The third-order valence-electron chi connectivity index (χ3n) is 6.90. The van der Waals surface area contributed by atoms with Crippen LogP contribution in [-0.4, -0.2) is 188 Å². The average molecular weight is 712 g/mol.